The van der Waals surface area contributed by atoms with E-state index in [-0.39, 0.29) is 31.2 Å². The summed E-state index contributed by atoms with van der Waals surface area (Å²) < 4.78 is 0. The minimum absolute atomic E-state index is 0.0977. The second-order valence-electron chi connectivity index (χ2n) is 4.58. The molecular formula is C12H16N6O4. The second-order valence-corrected chi connectivity index (χ2v) is 4.58. The van der Waals surface area contributed by atoms with Gasteiger partial charge in [-0.1, -0.05) is 0 Å². The van der Waals surface area contributed by atoms with Gasteiger partial charge in [-0.2, -0.15) is 0 Å². The number of nitrogens with one attached hydrogen (secondary N) is 2. The van der Waals surface area contributed by atoms with Crippen LogP contribution in [0.15, 0.2) is 18.6 Å². The molecule has 0 saturated carbocycles. The van der Waals surface area contributed by atoms with Crippen molar-refractivity contribution in [3.63, 3.8) is 0 Å². The minimum atomic E-state index is -0.675. The fraction of sp³-hybridized carbons (Fsp3) is 0.417. The zero-order chi connectivity index (χ0) is 15.9. The molecule has 3 N–H and O–H groups in total. The monoisotopic (exact) mass is 308 g/mol. The van der Waals surface area contributed by atoms with Gasteiger partial charge < -0.3 is 5.32 Å². The van der Waals surface area contributed by atoms with Crippen LogP contribution in [0.4, 0.5) is 5.82 Å². The number of anilines is 1. The van der Waals surface area contributed by atoms with Gasteiger partial charge in [0.05, 0.1) is 6.54 Å². The molecule has 1 aliphatic rings. The average molecular weight is 308 g/mol. The van der Waals surface area contributed by atoms with Gasteiger partial charge in [-0.05, 0) is 12.5 Å². The van der Waals surface area contributed by atoms with Crippen LogP contribution >= 0.6 is 0 Å². The standard InChI is InChI=1S/C12H16N6O4/c19-8-17(22)6-3-11(20)18-9(1-5-15-18)12(21)16-10-2-4-13-7-14-10/h2,4,7-9,15,22H,1,3,5-6H2,(H,13,14,16,21)/t9-/m0/s1. The van der Waals surface area contributed by atoms with Crippen molar-refractivity contribution in [2.45, 2.75) is 18.9 Å². The molecule has 2 heterocycles. The van der Waals surface area contributed by atoms with E-state index in [1.54, 1.807) is 6.07 Å². The lowest BCUT2D eigenvalue weighted by Gasteiger charge is -2.23. The summed E-state index contributed by atoms with van der Waals surface area (Å²) in [7, 11) is 0. The summed E-state index contributed by atoms with van der Waals surface area (Å²) in [6, 6.07) is 0.867. The van der Waals surface area contributed by atoms with Crippen LogP contribution in [0.1, 0.15) is 12.8 Å². The van der Waals surface area contributed by atoms with Crippen LogP contribution < -0.4 is 10.7 Å². The van der Waals surface area contributed by atoms with Gasteiger partial charge in [0.15, 0.2) is 0 Å². The van der Waals surface area contributed by atoms with E-state index < -0.39 is 6.04 Å². The Hall–Kier alpha value is -2.59. The fourth-order valence-corrected chi connectivity index (χ4v) is 2.03. The molecule has 0 aromatic carbocycles. The molecule has 1 saturated heterocycles. The van der Waals surface area contributed by atoms with Crippen LogP contribution in [0.25, 0.3) is 0 Å². The van der Waals surface area contributed by atoms with Gasteiger partial charge in [0.2, 0.25) is 18.2 Å². The van der Waals surface area contributed by atoms with Crippen LogP contribution in [0, 0.1) is 0 Å². The molecule has 10 heteroatoms. The lowest BCUT2D eigenvalue weighted by atomic mass is 10.2. The molecule has 3 amide bonds. The Labute approximate surface area is 126 Å². The number of hydrogen-bond acceptors (Lipinski definition) is 7. The van der Waals surface area contributed by atoms with Crippen LogP contribution in [0.5, 0.6) is 0 Å². The lowest BCUT2D eigenvalue weighted by Crippen LogP contribution is -2.48. The van der Waals surface area contributed by atoms with Gasteiger partial charge in [-0.3, -0.25) is 24.6 Å². The Balaban J connectivity index is 1.93. The highest BCUT2D eigenvalue weighted by molar-refractivity contribution is 5.96. The maximum atomic E-state index is 12.2. The van der Waals surface area contributed by atoms with E-state index in [1.807, 2.05) is 0 Å². The topological polar surface area (TPSA) is 128 Å². The summed E-state index contributed by atoms with van der Waals surface area (Å²) in [6.45, 7) is 0.338. The molecule has 2 rings (SSSR count). The molecular weight excluding hydrogens is 292 g/mol. The predicted octanol–water partition coefficient (Wildman–Crippen LogP) is -1.24. The fourth-order valence-electron chi connectivity index (χ4n) is 2.03. The molecule has 22 heavy (non-hydrogen) atoms. The SMILES string of the molecule is O=CN(O)CCC(=O)N1NCC[C@H]1C(=O)Nc1ccncn1. The third kappa shape index (κ3) is 3.96. The van der Waals surface area contributed by atoms with Crippen molar-refractivity contribution in [3.05, 3.63) is 18.6 Å². The number of rotatable bonds is 6. The first-order valence-electron chi connectivity index (χ1n) is 6.65. The summed E-state index contributed by atoms with van der Waals surface area (Å²) in [4.78, 5) is 42.1. The first-order valence-corrected chi connectivity index (χ1v) is 6.65. The van der Waals surface area contributed by atoms with Crippen molar-refractivity contribution in [1.29, 1.82) is 0 Å². The number of hydrazine groups is 1. The van der Waals surface area contributed by atoms with Crippen molar-refractivity contribution in [3.8, 4) is 0 Å². The Morgan fingerprint density at radius 2 is 2.41 bits per heavy atom. The Kier molecular flexibility index (Phi) is 5.33. The van der Waals surface area contributed by atoms with Crippen molar-refractivity contribution >= 4 is 24.0 Å². The van der Waals surface area contributed by atoms with Gasteiger partial charge in [0.1, 0.15) is 18.2 Å². The third-order valence-corrected chi connectivity index (χ3v) is 3.09. The Morgan fingerprint density at radius 1 is 1.59 bits per heavy atom. The summed E-state index contributed by atoms with van der Waals surface area (Å²) in [5.41, 5.74) is 2.82. The Morgan fingerprint density at radius 3 is 3.09 bits per heavy atom. The van der Waals surface area contributed by atoms with E-state index in [1.165, 1.54) is 17.5 Å². The zero-order valence-electron chi connectivity index (χ0n) is 11.7. The van der Waals surface area contributed by atoms with Crippen molar-refractivity contribution in [1.82, 2.24) is 25.5 Å². The molecule has 1 aliphatic heterocycles. The van der Waals surface area contributed by atoms with Crippen LogP contribution in [0.2, 0.25) is 0 Å². The highest BCUT2D eigenvalue weighted by atomic mass is 16.5. The number of carbonyl (C=O) groups excluding carboxylic acids is 3. The van der Waals surface area contributed by atoms with E-state index in [4.69, 9.17) is 5.21 Å². The number of aromatic nitrogens is 2. The van der Waals surface area contributed by atoms with Crippen molar-refractivity contribution in [2.75, 3.05) is 18.4 Å². The maximum absolute atomic E-state index is 12.2. The van der Waals surface area contributed by atoms with E-state index in [2.05, 4.69) is 20.7 Å². The number of amides is 3. The molecule has 10 nitrogen and oxygen atoms in total. The van der Waals surface area contributed by atoms with Crippen molar-refractivity contribution < 1.29 is 19.6 Å². The Bertz CT molecular complexity index is 540. The third-order valence-electron chi connectivity index (χ3n) is 3.09. The molecule has 118 valence electrons. The molecule has 1 atom stereocenters. The molecule has 1 aromatic rings. The molecule has 0 unspecified atom stereocenters. The van der Waals surface area contributed by atoms with Crippen LogP contribution in [0.3, 0.4) is 0 Å². The van der Waals surface area contributed by atoms with Gasteiger partial charge >= 0.3 is 0 Å². The number of carbonyl (C=O) groups is 3. The summed E-state index contributed by atoms with van der Waals surface area (Å²) in [5, 5.41) is 13.2. The summed E-state index contributed by atoms with van der Waals surface area (Å²) in [5.74, 6) is -0.406. The zero-order valence-corrected chi connectivity index (χ0v) is 11.7. The van der Waals surface area contributed by atoms with E-state index in [9.17, 15) is 14.4 Å². The quantitative estimate of drug-likeness (QED) is 0.340. The number of nitrogens with zero attached hydrogens (tertiary/aromatic N) is 4. The number of hydrogen-bond donors (Lipinski definition) is 3. The molecule has 0 bridgehead atoms. The van der Waals surface area contributed by atoms with E-state index in [0.717, 1.165) is 0 Å². The van der Waals surface area contributed by atoms with Crippen LogP contribution in [-0.4, -0.2) is 62.6 Å². The first-order chi connectivity index (χ1) is 10.6. The minimum Gasteiger partial charge on any atom is -0.309 e. The lowest BCUT2D eigenvalue weighted by molar-refractivity contribution is -0.153. The van der Waals surface area contributed by atoms with Gasteiger partial charge in [-0.25, -0.2) is 20.5 Å². The number of hydroxylamine groups is 2. The molecule has 0 spiro atoms. The largest absolute Gasteiger partial charge is 0.309 e. The van der Waals surface area contributed by atoms with Crippen LogP contribution in [-0.2, 0) is 14.4 Å². The van der Waals surface area contributed by atoms with Gasteiger partial charge in [-0.15, -0.1) is 0 Å². The highest BCUT2D eigenvalue weighted by Gasteiger charge is 2.34. The summed E-state index contributed by atoms with van der Waals surface area (Å²) >= 11 is 0. The normalized spacial score (nSPS) is 17.1. The maximum Gasteiger partial charge on any atom is 0.250 e. The average Bonchev–Trinajstić information content (AvgIpc) is 3.03. The summed E-state index contributed by atoms with van der Waals surface area (Å²) in [6.07, 6.45) is 3.37. The highest BCUT2D eigenvalue weighted by Crippen LogP contribution is 2.13. The van der Waals surface area contributed by atoms with Crippen molar-refractivity contribution in [2.24, 2.45) is 0 Å². The molecule has 1 aromatic heterocycles. The van der Waals surface area contributed by atoms with Gasteiger partial charge in [0.25, 0.3) is 0 Å². The molecule has 0 aliphatic carbocycles. The molecule has 0 radical (unpaired) electrons. The van der Waals surface area contributed by atoms with E-state index in [0.29, 0.717) is 23.8 Å². The van der Waals surface area contributed by atoms with E-state index >= 15 is 0 Å². The smallest absolute Gasteiger partial charge is 0.250 e. The predicted molar refractivity (Wildman–Crippen MR) is 73.1 cm³/mol. The van der Waals surface area contributed by atoms with Gasteiger partial charge in [0, 0.05) is 19.2 Å². The molecule has 1 fully saturated rings. The first kappa shape index (κ1) is 15.8. The second kappa shape index (κ2) is 7.43.